The maximum Gasteiger partial charge on any atom is 0.135 e. The summed E-state index contributed by atoms with van der Waals surface area (Å²) in [7, 11) is 0. The maximum absolute atomic E-state index is 11.1. The molecule has 0 bridgehead atoms. The summed E-state index contributed by atoms with van der Waals surface area (Å²) < 4.78 is 12.8. The Kier molecular flexibility index (Phi) is 2.64. The molecule has 1 atom stereocenters. The second-order valence-corrected chi connectivity index (χ2v) is 4.49. The highest BCUT2D eigenvalue weighted by Crippen LogP contribution is 2.22. The number of fused-ring (bicyclic) bond motifs is 1. The molecule has 5 heteroatoms. The van der Waals surface area contributed by atoms with Gasteiger partial charge in [0.2, 0.25) is 0 Å². The van der Waals surface area contributed by atoms with Crippen LogP contribution in [0.1, 0.15) is 11.1 Å². The van der Waals surface area contributed by atoms with E-state index in [9.17, 15) is 4.55 Å². The fourth-order valence-electron chi connectivity index (χ4n) is 1.70. The third-order valence-corrected chi connectivity index (χ3v) is 3.28. The highest BCUT2D eigenvalue weighted by Gasteiger charge is 2.23. The standard InChI is InChI=1S/C9H13N3OS/c10-9-2-1-7-3-4-12(14(11)13)6-8(7)5-9/h1-2,5H,3-4,6,10-11H2. The van der Waals surface area contributed by atoms with Crippen LogP contribution in [0.15, 0.2) is 18.2 Å². The summed E-state index contributed by atoms with van der Waals surface area (Å²) in [5.41, 5.74) is 8.83. The molecule has 0 saturated carbocycles. The van der Waals surface area contributed by atoms with Crippen molar-refractivity contribution in [2.45, 2.75) is 13.0 Å². The Balaban J connectivity index is 2.24. The molecule has 14 heavy (non-hydrogen) atoms. The second-order valence-electron chi connectivity index (χ2n) is 3.42. The molecule has 4 N–H and O–H groups in total. The number of hydrogen-bond donors (Lipinski definition) is 2. The highest BCUT2D eigenvalue weighted by molar-refractivity contribution is 7.86. The minimum Gasteiger partial charge on any atom is -0.579 e. The van der Waals surface area contributed by atoms with Crippen LogP contribution in [-0.2, 0) is 24.5 Å². The predicted molar refractivity (Wildman–Crippen MR) is 57.3 cm³/mol. The summed E-state index contributed by atoms with van der Waals surface area (Å²) in [6, 6.07) is 5.85. The second kappa shape index (κ2) is 3.78. The van der Waals surface area contributed by atoms with Gasteiger partial charge in [0, 0.05) is 5.69 Å². The van der Waals surface area contributed by atoms with Gasteiger partial charge in [-0.2, -0.15) is 0 Å². The lowest BCUT2D eigenvalue weighted by molar-refractivity contribution is 0.392. The number of benzene rings is 1. The lowest BCUT2D eigenvalue weighted by atomic mass is 10.0. The lowest BCUT2D eigenvalue weighted by Gasteiger charge is -2.26. The molecule has 76 valence electrons. The largest absolute Gasteiger partial charge is 0.579 e. The van der Waals surface area contributed by atoms with Gasteiger partial charge in [-0.25, -0.2) is 0 Å². The van der Waals surface area contributed by atoms with Crippen molar-refractivity contribution >= 4 is 17.2 Å². The van der Waals surface area contributed by atoms with Crippen LogP contribution in [0.3, 0.4) is 0 Å². The smallest absolute Gasteiger partial charge is 0.135 e. The Labute approximate surface area is 86.3 Å². The number of nitrogens with two attached hydrogens (primary N) is 2. The molecule has 4 nitrogen and oxygen atoms in total. The first kappa shape index (κ1) is 9.79. The summed E-state index contributed by atoms with van der Waals surface area (Å²) in [5.74, 6) is 0. The molecule has 1 aromatic carbocycles. The van der Waals surface area contributed by atoms with Crippen LogP contribution in [-0.4, -0.2) is 15.4 Å². The molecule has 0 fully saturated rings. The molecule has 0 aromatic heterocycles. The molecule has 0 spiro atoms. The fraction of sp³-hybridized carbons (Fsp3) is 0.333. The quantitative estimate of drug-likeness (QED) is 0.512. The van der Waals surface area contributed by atoms with Crippen LogP contribution >= 0.6 is 0 Å². The third-order valence-electron chi connectivity index (χ3n) is 2.46. The highest BCUT2D eigenvalue weighted by atomic mass is 32.2. The summed E-state index contributed by atoms with van der Waals surface area (Å²) in [6.07, 6.45) is 0.887. The van der Waals surface area contributed by atoms with Crippen molar-refractivity contribution in [2.24, 2.45) is 5.14 Å². The number of nitrogen functional groups attached to an aromatic ring is 1. The zero-order valence-electron chi connectivity index (χ0n) is 7.77. The van der Waals surface area contributed by atoms with E-state index in [0.717, 1.165) is 24.2 Å². The van der Waals surface area contributed by atoms with Crippen molar-refractivity contribution in [1.82, 2.24) is 4.31 Å². The molecule has 0 saturated heterocycles. The zero-order valence-corrected chi connectivity index (χ0v) is 8.59. The van der Waals surface area contributed by atoms with E-state index in [4.69, 9.17) is 10.9 Å². The Morgan fingerprint density at radius 3 is 2.86 bits per heavy atom. The van der Waals surface area contributed by atoms with Crippen molar-refractivity contribution in [1.29, 1.82) is 0 Å². The molecule has 1 unspecified atom stereocenters. The Hall–Kier alpha value is -0.750. The van der Waals surface area contributed by atoms with E-state index >= 15 is 0 Å². The van der Waals surface area contributed by atoms with Gasteiger partial charge in [0.05, 0.1) is 13.1 Å². The fourth-order valence-corrected chi connectivity index (χ4v) is 2.24. The van der Waals surface area contributed by atoms with E-state index in [1.807, 2.05) is 18.2 Å². The molecule has 1 aliphatic rings. The van der Waals surface area contributed by atoms with Crippen LogP contribution < -0.4 is 10.9 Å². The van der Waals surface area contributed by atoms with Gasteiger partial charge in [-0.1, -0.05) is 6.07 Å². The average molecular weight is 211 g/mol. The topological polar surface area (TPSA) is 78.3 Å². The van der Waals surface area contributed by atoms with Gasteiger partial charge in [-0.15, -0.1) is 9.44 Å². The molecule has 1 heterocycles. The first-order valence-electron chi connectivity index (χ1n) is 4.45. The van der Waals surface area contributed by atoms with Gasteiger partial charge < -0.3 is 10.3 Å². The number of rotatable bonds is 1. The van der Waals surface area contributed by atoms with Crippen molar-refractivity contribution in [2.75, 3.05) is 12.3 Å². The molecule has 0 aliphatic carbocycles. The normalized spacial score (nSPS) is 19.0. The summed E-state index contributed by atoms with van der Waals surface area (Å²) >= 11 is -1.37. The van der Waals surface area contributed by atoms with Crippen LogP contribution in [0.4, 0.5) is 5.69 Å². The van der Waals surface area contributed by atoms with Gasteiger partial charge in [-0.3, -0.25) is 0 Å². The summed E-state index contributed by atoms with van der Waals surface area (Å²) in [5, 5.41) is 5.33. The number of hydrogen-bond acceptors (Lipinski definition) is 4. The first-order chi connectivity index (χ1) is 6.66. The van der Waals surface area contributed by atoms with Gasteiger partial charge in [0.15, 0.2) is 0 Å². The van der Waals surface area contributed by atoms with Crippen LogP contribution in [0, 0.1) is 0 Å². The SMILES string of the molecule is Nc1ccc2c(c1)CN([S+](N)[O-])CC2. The van der Waals surface area contributed by atoms with Gasteiger partial charge in [0.1, 0.15) is 11.5 Å². The monoisotopic (exact) mass is 211 g/mol. The van der Waals surface area contributed by atoms with Crippen molar-refractivity contribution in [3.63, 3.8) is 0 Å². The number of nitrogens with zero attached hydrogens (tertiary/aromatic N) is 1. The van der Waals surface area contributed by atoms with Gasteiger partial charge in [-0.05, 0) is 29.7 Å². The first-order valence-corrected chi connectivity index (χ1v) is 5.62. The number of anilines is 1. The van der Waals surface area contributed by atoms with Crippen LogP contribution in [0.25, 0.3) is 0 Å². The Morgan fingerprint density at radius 2 is 2.14 bits per heavy atom. The average Bonchev–Trinajstić information content (AvgIpc) is 2.16. The van der Waals surface area contributed by atoms with Crippen LogP contribution in [0.5, 0.6) is 0 Å². The molecule has 0 radical (unpaired) electrons. The third kappa shape index (κ3) is 1.85. The minimum atomic E-state index is -1.37. The molecule has 1 aliphatic heterocycles. The van der Waals surface area contributed by atoms with E-state index in [-0.39, 0.29) is 0 Å². The van der Waals surface area contributed by atoms with Crippen molar-refractivity contribution < 1.29 is 4.55 Å². The zero-order chi connectivity index (χ0) is 10.1. The molecule has 2 rings (SSSR count). The van der Waals surface area contributed by atoms with Crippen molar-refractivity contribution in [3.05, 3.63) is 29.3 Å². The molecule has 1 aromatic rings. The molecular formula is C9H13N3OS. The van der Waals surface area contributed by atoms with Gasteiger partial charge in [0.25, 0.3) is 0 Å². The Bertz CT molecular complexity index is 343. The molecular weight excluding hydrogens is 198 g/mol. The van der Waals surface area contributed by atoms with E-state index in [1.54, 1.807) is 4.31 Å². The van der Waals surface area contributed by atoms with Gasteiger partial charge >= 0.3 is 0 Å². The lowest BCUT2D eigenvalue weighted by Crippen LogP contribution is -2.40. The van der Waals surface area contributed by atoms with E-state index < -0.39 is 11.5 Å². The van der Waals surface area contributed by atoms with Crippen molar-refractivity contribution in [3.8, 4) is 0 Å². The van der Waals surface area contributed by atoms with E-state index in [2.05, 4.69) is 0 Å². The summed E-state index contributed by atoms with van der Waals surface area (Å²) in [6.45, 7) is 1.38. The van der Waals surface area contributed by atoms with E-state index in [1.165, 1.54) is 5.56 Å². The van der Waals surface area contributed by atoms with Crippen LogP contribution in [0.2, 0.25) is 0 Å². The Morgan fingerprint density at radius 1 is 1.36 bits per heavy atom. The van der Waals surface area contributed by atoms with E-state index in [0.29, 0.717) is 6.54 Å². The summed E-state index contributed by atoms with van der Waals surface area (Å²) in [4.78, 5) is 0. The predicted octanol–water partition coefficient (Wildman–Crippen LogP) is 0.164. The maximum atomic E-state index is 11.1. The molecule has 0 amide bonds. The minimum absolute atomic E-state index is 0.628.